The Balaban J connectivity index is 2.46. The maximum Gasteiger partial charge on any atom is 0.417 e. The lowest BCUT2D eigenvalue weighted by Crippen LogP contribution is -2.24. The number of rotatable bonds is 4. The number of aryl methyl sites for hydroxylation is 1. The van der Waals surface area contributed by atoms with Gasteiger partial charge in [0.25, 0.3) is 0 Å². The van der Waals surface area contributed by atoms with E-state index >= 15 is 0 Å². The first kappa shape index (κ1) is 25.3. The Kier molecular flexibility index (Phi) is 7.57. The number of benzene rings is 2. The van der Waals surface area contributed by atoms with Crippen LogP contribution < -0.4 is 0 Å². The standard InChI is InChI=1S/C23H20Cl3F3O2/c1-12(14-6-7-16(13(2)8-14)21(30)31-22(3,4)5)9-17(23(27,28)29)15-10-18(24)20(26)19(25)11-15/h6-11H,1H2,2-5H3/b17-9+. The minimum Gasteiger partial charge on any atom is -0.456 e. The smallest absolute Gasteiger partial charge is 0.417 e. The largest absolute Gasteiger partial charge is 0.456 e. The van der Waals surface area contributed by atoms with Crippen molar-refractivity contribution in [3.63, 3.8) is 0 Å². The van der Waals surface area contributed by atoms with Crippen molar-refractivity contribution in [3.8, 4) is 0 Å². The van der Waals surface area contributed by atoms with Gasteiger partial charge in [0, 0.05) is 0 Å². The Hall–Kier alpha value is -1.95. The summed E-state index contributed by atoms with van der Waals surface area (Å²) in [5.74, 6) is -0.515. The molecule has 0 amide bonds. The van der Waals surface area contributed by atoms with Gasteiger partial charge in [-0.1, -0.05) is 53.5 Å². The molecule has 0 aliphatic rings. The van der Waals surface area contributed by atoms with Crippen LogP contribution in [0.5, 0.6) is 0 Å². The summed E-state index contributed by atoms with van der Waals surface area (Å²) in [5, 5.41) is -0.217. The number of alkyl halides is 3. The van der Waals surface area contributed by atoms with Gasteiger partial charge >= 0.3 is 12.1 Å². The summed E-state index contributed by atoms with van der Waals surface area (Å²) in [6.45, 7) is 10.7. The number of esters is 1. The van der Waals surface area contributed by atoms with Gasteiger partial charge in [0.2, 0.25) is 0 Å². The Morgan fingerprint density at radius 1 is 1.00 bits per heavy atom. The molecule has 166 valence electrons. The summed E-state index contributed by atoms with van der Waals surface area (Å²) < 4.78 is 46.6. The molecule has 2 aromatic rings. The highest BCUT2D eigenvalue weighted by Gasteiger charge is 2.35. The molecule has 2 nitrogen and oxygen atoms in total. The van der Waals surface area contributed by atoms with Gasteiger partial charge < -0.3 is 4.74 Å². The molecule has 0 aromatic heterocycles. The predicted molar refractivity (Wildman–Crippen MR) is 121 cm³/mol. The summed E-state index contributed by atoms with van der Waals surface area (Å²) in [6, 6.07) is 6.79. The molecule has 0 fully saturated rings. The third-order valence-electron chi connectivity index (χ3n) is 4.13. The number of ether oxygens (including phenoxy) is 1. The zero-order valence-corrected chi connectivity index (χ0v) is 19.5. The molecule has 0 saturated heterocycles. The first-order valence-electron chi connectivity index (χ1n) is 9.07. The minimum atomic E-state index is -4.70. The molecule has 8 heteroatoms. The summed E-state index contributed by atoms with van der Waals surface area (Å²) in [5.41, 5.74) is -0.514. The van der Waals surface area contributed by atoms with Crippen LogP contribution in [-0.4, -0.2) is 17.7 Å². The summed E-state index contributed by atoms with van der Waals surface area (Å²) in [4.78, 5) is 12.3. The third-order valence-corrected chi connectivity index (χ3v) is 5.33. The third kappa shape index (κ3) is 6.52. The lowest BCUT2D eigenvalue weighted by Gasteiger charge is -2.20. The summed E-state index contributed by atoms with van der Waals surface area (Å²) >= 11 is 17.7. The fourth-order valence-electron chi connectivity index (χ4n) is 2.72. The van der Waals surface area contributed by atoms with E-state index in [1.807, 2.05) is 0 Å². The second-order valence-electron chi connectivity index (χ2n) is 7.87. The van der Waals surface area contributed by atoms with E-state index in [-0.39, 0.29) is 26.2 Å². The minimum absolute atomic E-state index is 0.0270. The van der Waals surface area contributed by atoms with Crippen LogP contribution >= 0.6 is 34.8 Å². The molecule has 0 saturated carbocycles. The highest BCUT2D eigenvalue weighted by atomic mass is 35.5. The van der Waals surface area contributed by atoms with Crippen LogP contribution in [-0.2, 0) is 4.74 Å². The number of carbonyl (C=O) groups is 1. The van der Waals surface area contributed by atoms with Gasteiger partial charge in [-0.05, 0) is 74.2 Å². The molecule has 0 atom stereocenters. The first-order valence-corrected chi connectivity index (χ1v) is 10.2. The topological polar surface area (TPSA) is 26.3 Å². The number of allylic oxidation sites excluding steroid dienone is 3. The first-order chi connectivity index (χ1) is 14.1. The van der Waals surface area contributed by atoms with Gasteiger partial charge in [0.1, 0.15) is 5.60 Å². The fraction of sp³-hybridized carbons (Fsp3) is 0.261. The Morgan fingerprint density at radius 3 is 2.00 bits per heavy atom. The van der Waals surface area contributed by atoms with Crippen LogP contribution in [0.3, 0.4) is 0 Å². The van der Waals surface area contributed by atoms with E-state index in [4.69, 9.17) is 39.5 Å². The molecule has 0 bridgehead atoms. The van der Waals surface area contributed by atoms with E-state index in [1.165, 1.54) is 12.1 Å². The van der Waals surface area contributed by atoms with E-state index < -0.39 is 23.3 Å². The van der Waals surface area contributed by atoms with Crippen LogP contribution in [0.4, 0.5) is 13.2 Å². The highest BCUT2D eigenvalue weighted by Crippen LogP contribution is 2.40. The molecular formula is C23H20Cl3F3O2. The van der Waals surface area contributed by atoms with Crippen molar-refractivity contribution >= 4 is 51.9 Å². The van der Waals surface area contributed by atoms with E-state index in [0.717, 1.165) is 18.2 Å². The van der Waals surface area contributed by atoms with Crippen molar-refractivity contribution in [2.75, 3.05) is 0 Å². The van der Waals surface area contributed by atoms with E-state index in [0.29, 0.717) is 16.7 Å². The lowest BCUT2D eigenvalue weighted by atomic mass is 9.96. The highest BCUT2D eigenvalue weighted by molar-refractivity contribution is 6.48. The van der Waals surface area contributed by atoms with Gasteiger partial charge in [0.15, 0.2) is 0 Å². The summed E-state index contributed by atoms with van der Waals surface area (Å²) in [6.07, 6.45) is -3.80. The van der Waals surface area contributed by atoms with E-state index in [2.05, 4.69) is 6.58 Å². The molecule has 0 spiro atoms. The van der Waals surface area contributed by atoms with Gasteiger partial charge in [-0.15, -0.1) is 0 Å². The maximum absolute atomic E-state index is 13.8. The SMILES string of the molecule is C=C(/C=C(\c1cc(Cl)c(Cl)c(Cl)c1)C(F)(F)F)c1ccc(C(=O)OC(C)(C)C)c(C)c1. The lowest BCUT2D eigenvalue weighted by molar-refractivity contribution is -0.0688. The predicted octanol–water partition coefficient (Wildman–Crippen LogP) is 8.57. The molecule has 2 aromatic carbocycles. The zero-order valence-electron chi connectivity index (χ0n) is 17.3. The molecule has 31 heavy (non-hydrogen) atoms. The van der Waals surface area contributed by atoms with Crippen LogP contribution in [0.25, 0.3) is 11.1 Å². The fourth-order valence-corrected chi connectivity index (χ4v) is 3.32. The average molecular weight is 492 g/mol. The number of halogens is 6. The molecule has 0 radical (unpaired) electrons. The molecular weight excluding hydrogens is 472 g/mol. The van der Waals surface area contributed by atoms with Crippen LogP contribution in [0, 0.1) is 6.92 Å². The zero-order chi connectivity index (χ0) is 23.7. The number of hydrogen-bond donors (Lipinski definition) is 0. The van der Waals surface area contributed by atoms with Gasteiger partial charge in [-0.25, -0.2) is 4.79 Å². The van der Waals surface area contributed by atoms with Crippen molar-refractivity contribution in [1.29, 1.82) is 0 Å². The number of hydrogen-bond acceptors (Lipinski definition) is 2. The van der Waals surface area contributed by atoms with Crippen molar-refractivity contribution in [3.05, 3.63) is 80.3 Å². The Bertz CT molecular complexity index is 1040. The van der Waals surface area contributed by atoms with Crippen LogP contribution in [0.2, 0.25) is 15.1 Å². The molecule has 0 aliphatic carbocycles. The normalized spacial score (nSPS) is 12.6. The monoisotopic (exact) mass is 490 g/mol. The Labute approximate surface area is 194 Å². The van der Waals surface area contributed by atoms with E-state index in [9.17, 15) is 18.0 Å². The van der Waals surface area contributed by atoms with Crippen LogP contribution in [0.1, 0.15) is 47.8 Å². The molecule has 0 unspecified atom stereocenters. The number of carbonyl (C=O) groups excluding carboxylic acids is 1. The van der Waals surface area contributed by atoms with Crippen molar-refractivity contribution in [1.82, 2.24) is 0 Å². The molecule has 0 heterocycles. The average Bonchev–Trinajstić information content (AvgIpc) is 2.60. The molecule has 2 rings (SSSR count). The van der Waals surface area contributed by atoms with E-state index in [1.54, 1.807) is 33.8 Å². The second kappa shape index (κ2) is 9.27. The van der Waals surface area contributed by atoms with Gasteiger partial charge in [0.05, 0.1) is 26.2 Å². The Morgan fingerprint density at radius 2 is 1.55 bits per heavy atom. The summed E-state index contributed by atoms with van der Waals surface area (Å²) in [7, 11) is 0. The maximum atomic E-state index is 13.8. The molecule has 0 N–H and O–H groups in total. The quantitative estimate of drug-likeness (QED) is 0.243. The van der Waals surface area contributed by atoms with Crippen LogP contribution in [0.15, 0.2) is 43.0 Å². The molecule has 0 aliphatic heterocycles. The van der Waals surface area contributed by atoms with Gasteiger partial charge in [-0.3, -0.25) is 0 Å². The second-order valence-corrected chi connectivity index (χ2v) is 9.06. The van der Waals surface area contributed by atoms with Crippen molar-refractivity contribution in [2.45, 2.75) is 39.5 Å². The van der Waals surface area contributed by atoms with Crippen molar-refractivity contribution < 1.29 is 22.7 Å². The van der Waals surface area contributed by atoms with Gasteiger partial charge in [-0.2, -0.15) is 13.2 Å². The van der Waals surface area contributed by atoms with Crippen molar-refractivity contribution in [2.24, 2.45) is 0 Å².